The van der Waals surface area contributed by atoms with Gasteiger partial charge in [0, 0.05) is 6.54 Å². The minimum absolute atomic E-state index is 0.0205. The fourth-order valence-corrected chi connectivity index (χ4v) is 2.37. The summed E-state index contributed by atoms with van der Waals surface area (Å²) in [5.41, 5.74) is -0.142. The Bertz CT molecular complexity index is 446. The van der Waals surface area contributed by atoms with E-state index < -0.39 is 0 Å². The van der Waals surface area contributed by atoms with Crippen LogP contribution < -0.4 is 10.1 Å². The van der Waals surface area contributed by atoms with E-state index in [0.29, 0.717) is 18.7 Å². The molecule has 0 heterocycles. The number of hydrogen-bond acceptors (Lipinski definition) is 3. The molecule has 1 amide bonds. The predicted octanol–water partition coefficient (Wildman–Crippen LogP) is 2.74. The Hall–Kier alpha value is -1.07. The van der Waals surface area contributed by atoms with Crippen molar-refractivity contribution in [3.63, 3.8) is 0 Å². The van der Waals surface area contributed by atoms with Gasteiger partial charge in [-0.25, -0.2) is 0 Å². The summed E-state index contributed by atoms with van der Waals surface area (Å²) in [6, 6.07) is 7.40. The lowest BCUT2D eigenvalue weighted by atomic mass is 9.87. The molecule has 0 bridgehead atoms. The number of hydrogen-bond donors (Lipinski definition) is 2. The molecule has 1 rings (SSSR count). The van der Waals surface area contributed by atoms with Crippen LogP contribution in [-0.2, 0) is 4.79 Å². The Morgan fingerprint density at radius 2 is 2.10 bits per heavy atom. The highest BCUT2D eigenvalue weighted by atomic mass is 79.9. The number of carbonyl (C=O) groups excluding carboxylic acids is 1. The lowest BCUT2D eigenvalue weighted by molar-refractivity contribution is -0.123. The van der Waals surface area contributed by atoms with Crippen molar-refractivity contribution in [3.8, 4) is 5.75 Å². The van der Waals surface area contributed by atoms with Gasteiger partial charge in [0.2, 0.25) is 0 Å². The normalized spacial score (nSPS) is 12.8. The molecule has 0 aliphatic carbocycles. The van der Waals surface area contributed by atoms with Gasteiger partial charge in [-0.15, -0.1) is 0 Å². The van der Waals surface area contributed by atoms with E-state index in [2.05, 4.69) is 21.2 Å². The Morgan fingerprint density at radius 3 is 2.70 bits per heavy atom. The van der Waals surface area contributed by atoms with Gasteiger partial charge in [-0.1, -0.05) is 26.0 Å². The fraction of sp³-hybridized carbons (Fsp3) is 0.533. The van der Waals surface area contributed by atoms with E-state index in [9.17, 15) is 9.90 Å². The molecule has 0 saturated carbocycles. The zero-order valence-corrected chi connectivity index (χ0v) is 13.7. The standard InChI is InChI=1S/C15H22BrNO3/c1-11(18)8-15(2,3)10-17-14(19)9-20-13-7-5-4-6-12(13)16/h4-7,11,18H,8-10H2,1-3H3,(H,17,19). The smallest absolute Gasteiger partial charge is 0.257 e. The SMILES string of the molecule is CC(O)CC(C)(C)CNC(=O)COc1ccccc1Br. The first-order valence-electron chi connectivity index (χ1n) is 6.62. The van der Waals surface area contributed by atoms with Crippen LogP contribution in [0.4, 0.5) is 0 Å². The monoisotopic (exact) mass is 343 g/mol. The van der Waals surface area contributed by atoms with Crippen molar-refractivity contribution < 1.29 is 14.6 Å². The van der Waals surface area contributed by atoms with Crippen LogP contribution in [0.5, 0.6) is 5.75 Å². The van der Waals surface area contributed by atoms with Crippen LogP contribution in [0, 0.1) is 5.41 Å². The van der Waals surface area contributed by atoms with Gasteiger partial charge in [0.1, 0.15) is 5.75 Å². The Kier molecular flexibility index (Phi) is 6.49. The van der Waals surface area contributed by atoms with E-state index in [0.717, 1.165) is 4.47 Å². The molecule has 112 valence electrons. The maximum atomic E-state index is 11.7. The minimum Gasteiger partial charge on any atom is -0.483 e. The number of para-hydroxylation sites is 1. The molecule has 20 heavy (non-hydrogen) atoms. The molecular formula is C15H22BrNO3. The third-order valence-corrected chi connectivity index (χ3v) is 3.46. The van der Waals surface area contributed by atoms with Gasteiger partial charge in [0.15, 0.2) is 6.61 Å². The number of rotatable bonds is 7. The summed E-state index contributed by atoms with van der Waals surface area (Å²) in [5.74, 6) is 0.477. The van der Waals surface area contributed by atoms with E-state index in [1.54, 1.807) is 13.0 Å². The van der Waals surface area contributed by atoms with Crippen molar-refractivity contribution in [1.82, 2.24) is 5.32 Å². The van der Waals surface area contributed by atoms with E-state index in [-0.39, 0.29) is 24.0 Å². The summed E-state index contributed by atoms with van der Waals surface area (Å²) in [6.45, 7) is 6.26. The Balaban J connectivity index is 2.36. The highest BCUT2D eigenvalue weighted by Gasteiger charge is 2.21. The molecular weight excluding hydrogens is 322 g/mol. The van der Waals surface area contributed by atoms with Crippen LogP contribution in [0.3, 0.4) is 0 Å². The van der Waals surface area contributed by atoms with Crippen LogP contribution in [0.15, 0.2) is 28.7 Å². The van der Waals surface area contributed by atoms with Crippen molar-refractivity contribution in [2.75, 3.05) is 13.2 Å². The van der Waals surface area contributed by atoms with Crippen LogP contribution in [0.1, 0.15) is 27.2 Å². The zero-order chi connectivity index (χ0) is 15.2. The first-order valence-corrected chi connectivity index (χ1v) is 7.41. The number of amides is 1. The molecule has 0 aromatic heterocycles. The molecule has 1 aromatic carbocycles. The number of halogens is 1. The van der Waals surface area contributed by atoms with E-state index in [1.807, 2.05) is 32.0 Å². The average Bonchev–Trinajstić information content (AvgIpc) is 2.34. The molecule has 0 fully saturated rings. The molecule has 0 aliphatic rings. The topological polar surface area (TPSA) is 58.6 Å². The van der Waals surface area contributed by atoms with Crippen molar-refractivity contribution in [3.05, 3.63) is 28.7 Å². The van der Waals surface area contributed by atoms with E-state index >= 15 is 0 Å². The van der Waals surface area contributed by atoms with Crippen LogP contribution in [0.25, 0.3) is 0 Å². The van der Waals surface area contributed by atoms with Crippen molar-refractivity contribution in [2.45, 2.75) is 33.3 Å². The molecule has 2 N–H and O–H groups in total. The summed E-state index contributed by atoms with van der Waals surface area (Å²) in [4.78, 5) is 11.7. The third-order valence-electron chi connectivity index (χ3n) is 2.81. The second-order valence-electron chi connectivity index (χ2n) is 5.71. The molecule has 0 radical (unpaired) electrons. The summed E-state index contributed by atoms with van der Waals surface area (Å²) in [5, 5.41) is 12.2. The van der Waals surface area contributed by atoms with Gasteiger partial charge in [-0.2, -0.15) is 0 Å². The maximum absolute atomic E-state index is 11.7. The second-order valence-corrected chi connectivity index (χ2v) is 6.57. The summed E-state index contributed by atoms with van der Waals surface area (Å²) >= 11 is 3.36. The summed E-state index contributed by atoms with van der Waals surface area (Å²) in [7, 11) is 0. The van der Waals surface area contributed by atoms with Crippen LogP contribution in [0.2, 0.25) is 0 Å². The van der Waals surface area contributed by atoms with Crippen LogP contribution in [-0.4, -0.2) is 30.3 Å². The highest BCUT2D eigenvalue weighted by Crippen LogP contribution is 2.24. The second kappa shape index (κ2) is 7.64. The zero-order valence-electron chi connectivity index (χ0n) is 12.1. The van der Waals surface area contributed by atoms with Gasteiger partial charge < -0.3 is 15.2 Å². The average molecular weight is 344 g/mol. The Morgan fingerprint density at radius 1 is 1.45 bits per heavy atom. The quantitative estimate of drug-likeness (QED) is 0.800. The lowest BCUT2D eigenvalue weighted by Crippen LogP contribution is -2.38. The minimum atomic E-state index is -0.376. The highest BCUT2D eigenvalue weighted by molar-refractivity contribution is 9.10. The summed E-state index contributed by atoms with van der Waals surface area (Å²) < 4.78 is 6.26. The Labute approximate surface area is 128 Å². The lowest BCUT2D eigenvalue weighted by Gasteiger charge is -2.26. The van der Waals surface area contributed by atoms with E-state index in [4.69, 9.17) is 4.74 Å². The fourth-order valence-electron chi connectivity index (χ4n) is 1.97. The van der Waals surface area contributed by atoms with Gasteiger partial charge >= 0.3 is 0 Å². The number of carbonyl (C=O) groups is 1. The number of aliphatic hydroxyl groups is 1. The molecule has 1 atom stereocenters. The number of nitrogens with one attached hydrogen (secondary N) is 1. The van der Waals surface area contributed by atoms with Gasteiger partial charge in [0.25, 0.3) is 5.91 Å². The first-order chi connectivity index (χ1) is 9.30. The number of benzene rings is 1. The summed E-state index contributed by atoms with van der Waals surface area (Å²) in [6.07, 6.45) is 0.261. The van der Waals surface area contributed by atoms with Crippen molar-refractivity contribution in [1.29, 1.82) is 0 Å². The van der Waals surface area contributed by atoms with Gasteiger partial charge in [-0.3, -0.25) is 4.79 Å². The molecule has 5 heteroatoms. The first kappa shape index (κ1) is 17.0. The van der Waals surface area contributed by atoms with E-state index in [1.165, 1.54) is 0 Å². The van der Waals surface area contributed by atoms with Crippen molar-refractivity contribution in [2.24, 2.45) is 5.41 Å². The van der Waals surface area contributed by atoms with Crippen LogP contribution >= 0.6 is 15.9 Å². The maximum Gasteiger partial charge on any atom is 0.257 e. The molecule has 0 spiro atoms. The largest absolute Gasteiger partial charge is 0.483 e. The van der Waals surface area contributed by atoms with Gasteiger partial charge in [0.05, 0.1) is 10.6 Å². The molecule has 1 aromatic rings. The van der Waals surface area contributed by atoms with Crippen molar-refractivity contribution >= 4 is 21.8 Å². The molecule has 4 nitrogen and oxygen atoms in total. The predicted molar refractivity (Wildman–Crippen MR) is 82.7 cm³/mol. The number of ether oxygens (including phenoxy) is 1. The molecule has 1 unspecified atom stereocenters. The number of aliphatic hydroxyl groups excluding tert-OH is 1. The third kappa shape index (κ3) is 6.39. The molecule has 0 saturated heterocycles. The molecule has 0 aliphatic heterocycles. The van der Waals surface area contributed by atoms with Gasteiger partial charge in [-0.05, 0) is 46.8 Å².